The Balaban J connectivity index is 2.94. The van der Waals surface area contributed by atoms with E-state index in [1.807, 2.05) is 6.07 Å². The van der Waals surface area contributed by atoms with Gasteiger partial charge in [0.1, 0.15) is 0 Å². The SMILES string of the molecule is CCOC(=O)c1cc(SC(C)C)ccc1N. The van der Waals surface area contributed by atoms with Crippen LogP contribution < -0.4 is 5.73 Å². The molecule has 2 N–H and O–H groups in total. The Morgan fingerprint density at radius 3 is 2.75 bits per heavy atom. The molecule has 1 aromatic carbocycles. The number of nitrogen functional groups attached to an aromatic ring is 1. The van der Waals surface area contributed by atoms with Gasteiger partial charge < -0.3 is 10.5 Å². The van der Waals surface area contributed by atoms with Crippen LogP contribution in [0.4, 0.5) is 5.69 Å². The van der Waals surface area contributed by atoms with Crippen molar-refractivity contribution < 1.29 is 9.53 Å². The van der Waals surface area contributed by atoms with Gasteiger partial charge in [-0.1, -0.05) is 13.8 Å². The van der Waals surface area contributed by atoms with Crippen molar-refractivity contribution >= 4 is 23.4 Å². The first-order chi connectivity index (χ1) is 7.54. The largest absolute Gasteiger partial charge is 0.462 e. The van der Waals surface area contributed by atoms with Crippen LogP contribution in [-0.4, -0.2) is 17.8 Å². The Bertz CT molecular complexity index is 377. The molecule has 0 atom stereocenters. The van der Waals surface area contributed by atoms with Gasteiger partial charge in [0, 0.05) is 15.8 Å². The van der Waals surface area contributed by atoms with Crippen LogP contribution in [0.1, 0.15) is 31.1 Å². The van der Waals surface area contributed by atoms with Gasteiger partial charge in [-0.05, 0) is 25.1 Å². The highest BCUT2D eigenvalue weighted by Gasteiger charge is 2.12. The Morgan fingerprint density at radius 1 is 1.50 bits per heavy atom. The number of ether oxygens (including phenoxy) is 1. The van der Waals surface area contributed by atoms with Gasteiger partial charge in [-0.25, -0.2) is 4.79 Å². The summed E-state index contributed by atoms with van der Waals surface area (Å²) in [6.45, 7) is 6.34. The maximum Gasteiger partial charge on any atom is 0.340 e. The fourth-order valence-corrected chi connectivity index (χ4v) is 2.14. The van der Waals surface area contributed by atoms with Crippen molar-refractivity contribution in [1.82, 2.24) is 0 Å². The summed E-state index contributed by atoms with van der Waals surface area (Å²) in [5, 5.41) is 0.471. The topological polar surface area (TPSA) is 52.3 Å². The molecule has 0 fully saturated rings. The molecule has 0 heterocycles. The predicted octanol–water partition coefficient (Wildman–Crippen LogP) is 2.95. The summed E-state index contributed by atoms with van der Waals surface area (Å²) in [6.07, 6.45) is 0. The number of carbonyl (C=O) groups excluding carboxylic acids is 1. The molecule has 0 aliphatic carbocycles. The fourth-order valence-electron chi connectivity index (χ4n) is 1.27. The normalized spacial score (nSPS) is 10.5. The standard InChI is InChI=1S/C12H17NO2S/c1-4-15-12(14)10-7-9(16-8(2)3)5-6-11(10)13/h5-8H,4,13H2,1-3H3. The van der Waals surface area contributed by atoms with E-state index in [1.54, 1.807) is 30.8 Å². The summed E-state index contributed by atoms with van der Waals surface area (Å²) in [4.78, 5) is 12.6. The van der Waals surface area contributed by atoms with Crippen molar-refractivity contribution in [3.8, 4) is 0 Å². The summed E-state index contributed by atoms with van der Waals surface area (Å²) >= 11 is 1.69. The fraction of sp³-hybridized carbons (Fsp3) is 0.417. The number of rotatable bonds is 4. The van der Waals surface area contributed by atoms with Crippen LogP contribution in [0.15, 0.2) is 23.1 Å². The van der Waals surface area contributed by atoms with Crippen molar-refractivity contribution in [3.63, 3.8) is 0 Å². The van der Waals surface area contributed by atoms with E-state index >= 15 is 0 Å². The average molecular weight is 239 g/mol. The zero-order valence-corrected chi connectivity index (χ0v) is 10.6. The molecule has 0 saturated heterocycles. The molecule has 0 spiro atoms. The van der Waals surface area contributed by atoms with Gasteiger partial charge in [0.15, 0.2) is 0 Å². The number of esters is 1. The molecule has 0 aliphatic rings. The summed E-state index contributed by atoms with van der Waals surface area (Å²) in [6, 6.07) is 5.46. The Morgan fingerprint density at radius 2 is 2.19 bits per heavy atom. The molecular weight excluding hydrogens is 222 g/mol. The predicted molar refractivity (Wildman–Crippen MR) is 67.8 cm³/mol. The first kappa shape index (κ1) is 12.9. The van der Waals surface area contributed by atoms with E-state index in [0.29, 0.717) is 23.1 Å². The van der Waals surface area contributed by atoms with Crippen molar-refractivity contribution in [3.05, 3.63) is 23.8 Å². The first-order valence-electron chi connectivity index (χ1n) is 5.28. The minimum Gasteiger partial charge on any atom is -0.462 e. The van der Waals surface area contributed by atoms with Gasteiger partial charge in [0.2, 0.25) is 0 Å². The zero-order chi connectivity index (χ0) is 12.1. The monoisotopic (exact) mass is 239 g/mol. The van der Waals surface area contributed by atoms with Gasteiger partial charge in [-0.15, -0.1) is 11.8 Å². The number of hydrogen-bond donors (Lipinski definition) is 1. The zero-order valence-electron chi connectivity index (χ0n) is 9.82. The van der Waals surface area contributed by atoms with E-state index in [-0.39, 0.29) is 5.97 Å². The van der Waals surface area contributed by atoms with E-state index in [2.05, 4.69) is 13.8 Å². The molecule has 0 radical (unpaired) electrons. The molecule has 16 heavy (non-hydrogen) atoms. The van der Waals surface area contributed by atoms with Gasteiger partial charge >= 0.3 is 5.97 Å². The molecule has 1 rings (SSSR count). The van der Waals surface area contributed by atoms with Gasteiger partial charge in [0.05, 0.1) is 12.2 Å². The number of hydrogen-bond acceptors (Lipinski definition) is 4. The van der Waals surface area contributed by atoms with Gasteiger partial charge in [-0.2, -0.15) is 0 Å². The van der Waals surface area contributed by atoms with Gasteiger partial charge in [-0.3, -0.25) is 0 Å². The molecular formula is C12H17NO2S. The molecule has 0 amide bonds. The second-order valence-electron chi connectivity index (χ2n) is 3.64. The second-order valence-corrected chi connectivity index (χ2v) is 5.29. The number of carbonyl (C=O) groups is 1. The maximum atomic E-state index is 11.6. The van der Waals surface area contributed by atoms with Crippen LogP contribution in [0.2, 0.25) is 0 Å². The number of thioether (sulfide) groups is 1. The molecule has 1 aromatic rings. The third-order valence-electron chi connectivity index (χ3n) is 1.89. The highest BCUT2D eigenvalue weighted by Crippen LogP contribution is 2.26. The van der Waals surface area contributed by atoms with Crippen LogP contribution in [0.3, 0.4) is 0 Å². The molecule has 4 heteroatoms. The summed E-state index contributed by atoms with van der Waals surface area (Å²) in [7, 11) is 0. The molecule has 88 valence electrons. The van der Waals surface area contributed by atoms with Crippen LogP contribution in [0.5, 0.6) is 0 Å². The quantitative estimate of drug-likeness (QED) is 0.498. The Hall–Kier alpha value is -1.16. The molecule has 0 aromatic heterocycles. The highest BCUT2D eigenvalue weighted by atomic mass is 32.2. The number of anilines is 1. The Labute approximate surface area is 100 Å². The van der Waals surface area contributed by atoms with E-state index in [1.165, 1.54) is 0 Å². The number of benzene rings is 1. The molecule has 0 unspecified atom stereocenters. The third-order valence-corrected chi connectivity index (χ3v) is 2.89. The van der Waals surface area contributed by atoms with Crippen molar-refractivity contribution in [2.75, 3.05) is 12.3 Å². The highest BCUT2D eigenvalue weighted by molar-refractivity contribution is 7.99. The maximum absolute atomic E-state index is 11.6. The molecule has 0 aliphatic heterocycles. The summed E-state index contributed by atoms with van der Waals surface area (Å²) in [5.74, 6) is -0.355. The Kier molecular flexibility index (Phi) is 4.68. The van der Waals surface area contributed by atoms with E-state index < -0.39 is 0 Å². The lowest BCUT2D eigenvalue weighted by atomic mass is 10.2. The van der Waals surface area contributed by atoms with Crippen molar-refractivity contribution in [1.29, 1.82) is 0 Å². The smallest absolute Gasteiger partial charge is 0.340 e. The van der Waals surface area contributed by atoms with Crippen molar-refractivity contribution in [2.45, 2.75) is 30.9 Å². The van der Waals surface area contributed by atoms with Crippen LogP contribution in [-0.2, 0) is 4.74 Å². The van der Waals surface area contributed by atoms with Crippen LogP contribution in [0, 0.1) is 0 Å². The van der Waals surface area contributed by atoms with E-state index in [0.717, 1.165) is 4.90 Å². The second kappa shape index (κ2) is 5.80. The van der Waals surface area contributed by atoms with E-state index in [9.17, 15) is 4.79 Å². The third kappa shape index (κ3) is 3.45. The minimum atomic E-state index is -0.355. The molecule has 0 bridgehead atoms. The lowest BCUT2D eigenvalue weighted by Crippen LogP contribution is -2.08. The average Bonchev–Trinajstić information content (AvgIpc) is 2.20. The van der Waals surface area contributed by atoms with Crippen molar-refractivity contribution in [2.24, 2.45) is 0 Å². The van der Waals surface area contributed by atoms with Crippen LogP contribution in [0.25, 0.3) is 0 Å². The lowest BCUT2D eigenvalue weighted by molar-refractivity contribution is 0.0527. The number of nitrogens with two attached hydrogens (primary N) is 1. The lowest BCUT2D eigenvalue weighted by Gasteiger charge is -2.09. The summed E-state index contributed by atoms with van der Waals surface area (Å²) in [5.41, 5.74) is 6.66. The summed E-state index contributed by atoms with van der Waals surface area (Å²) < 4.78 is 4.94. The van der Waals surface area contributed by atoms with Gasteiger partial charge in [0.25, 0.3) is 0 Å². The molecule has 0 saturated carbocycles. The first-order valence-corrected chi connectivity index (χ1v) is 6.15. The van der Waals surface area contributed by atoms with E-state index in [4.69, 9.17) is 10.5 Å². The molecule has 3 nitrogen and oxygen atoms in total. The minimum absolute atomic E-state index is 0.355. The van der Waals surface area contributed by atoms with Crippen LogP contribution >= 0.6 is 11.8 Å².